The molecule has 0 N–H and O–H groups in total. The van der Waals surface area contributed by atoms with E-state index in [1.54, 1.807) is 0 Å². The molecule has 0 bridgehead atoms. The first-order chi connectivity index (χ1) is 7.98. The molecule has 4 heteroatoms. The molecule has 2 nitrogen and oxygen atoms in total. The highest BCUT2D eigenvalue weighted by Gasteiger charge is 2.29. The van der Waals surface area contributed by atoms with Crippen molar-refractivity contribution in [1.29, 1.82) is 0 Å². The second-order valence-corrected chi connectivity index (χ2v) is 7.20. The van der Waals surface area contributed by atoms with Crippen LogP contribution in [0.5, 0.6) is 0 Å². The van der Waals surface area contributed by atoms with Gasteiger partial charge in [0.25, 0.3) is 5.91 Å². The van der Waals surface area contributed by atoms with Crippen LogP contribution in [-0.4, -0.2) is 34.4 Å². The topological polar surface area (TPSA) is 20.3 Å². The third-order valence-corrected chi connectivity index (χ3v) is 4.42. The summed E-state index contributed by atoms with van der Waals surface area (Å²) < 4.78 is 0.164. The van der Waals surface area contributed by atoms with Crippen molar-refractivity contribution in [2.75, 3.05) is 18.8 Å². The summed E-state index contributed by atoms with van der Waals surface area (Å²) in [5.41, 5.74) is 0.755. The lowest BCUT2D eigenvalue weighted by atomic mass is 10.1. The minimum Gasteiger partial charge on any atom is -0.336 e. The maximum absolute atomic E-state index is 12.3. The number of nitrogens with zero attached hydrogens (tertiary/aromatic N) is 1. The van der Waals surface area contributed by atoms with Crippen LogP contribution in [-0.2, 0) is 0 Å². The molecule has 0 aliphatic carbocycles. The van der Waals surface area contributed by atoms with Crippen LogP contribution in [0, 0.1) is 0 Å². The molecule has 0 aromatic heterocycles. The molecule has 1 heterocycles. The van der Waals surface area contributed by atoms with Crippen molar-refractivity contribution in [3.05, 3.63) is 29.8 Å². The van der Waals surface area contributed by atoms with Crippen LogP contribution in [0.4, 0.5) is 0 Å². The molecule has 1 fully saturated rings. The van der Waals surface area contributed by atoms with Crippen molar-refractivity contribution >= 4 is 30.3 Å². The Morgan fingerprint density at radius 3 is 2.59 bits per heavy atom. The van der Waals surface area contributed by atoms with Crippen molar-refractivity contribution in [1.82, 2.24) is 4.90 Å². The van der Waals surface area contributed by atoms with Gasteiger partial charge in [0, 0.05) is 34.0 Å². The zero-order chi connectivity index (χ0) is 12.5. The summed E-state index contributed by atoms with van der Waals surface area (Å²) in [6.07, 6.45) is 0. The van der Waals surface area contributed by atoms with Gasteiger partial charge in [-0.3, -0.25) is 4.79 Å². The van der Waals surface area contributed by atoms with Gasteiger partial charge in [-0.25, -0.2) is 0 Å². The standard InChI is InChI=1S/C13H17NOS2/c1-13(2)9-14(7-8-17-13)12(15)10-3-5-11(16)6-4-10/h3-6,16H,7-9H2,1-2H3. The number of benzene rings is 1. The lowest BCUT2D eigenvalue weighted by Crippen LogP contribution is -2.46. The number of amides is 1. The van der Waals surface area contributed by atoms with Gasteiger partial charge < -0.3 is 4.90 Å². The first-order valence-corrected chi connectivity index (χ1v) is 7.13. The van der Waals surface area contributed by atoms with Crippen LogP contribution in [0.3, 0.4) is 0 Å². The molecule has 0 saturated carbocycles. The van der Waals surface area contributed by atoms with Gasteiger partial charge in [0.05, 0.1) is 0 Å². The van der Waals surface area contributed by atoms with Gasteiger partial charge in [-0.2, -0.15) is 11.8 Å². The summed E-state index contributed by atoms with van der Waals surface area (Å²) >= 11 is 6.16. The Kier molecular flexibility index (Phi) is 3.73. The quantitative estimate of drug-likeness (QED) is 0.790. The van der Waals surface area contributed by atoms with Crippen LogP contribution in [0.2, 0.25) is 0 Å². The number of carbonyl (C=O) groups is 1. The van der Waals surface area contributed by atoms with E-state index in [0.717, 1.165) is 29.3 Å². The van der Waals surface area contributed by atoms with E-state index in [1.165, 1.54) is 0 Å². The summed E-state index contributed by atoms with van der Waals surface area (Å²) in [5, 5.41) is 0. The van der Waals surface area contributed by atoms with Crippen molar-refractivity contribution < 1.29 is 4.79 Å². The van der Waals surface area contributed by atoms with Crippen molar-refractivity contribution in [2.45, 2.75) is 23.5 Å². The van der Waals surface area contributed by atoms with Crippen LogP contribution in [0.25, 0.3) is 0 Å². The molecule has 0 atom stereocenters. The third kappa shape index (κ3) is 3.19. The van der Waals surface area contributed by atoms with E-state index in [4.69, 9.17) is 0 Å². The lowest BCUT2D eigenvalue weighted by molar-refractivity contribution is 0.0748. The highest BCUT2D eigenvalue weighted by atomic mass is 32.2. The Morgan fingerprint density at radius 1 is 1.35 bits per heavy atom. The third-order valence-electron chi connectivity index (χ3n) is 2.83. The Bertz CT molecular complexity index is 414. The van der Waals surface area contributed by atoms with Gasteiger partial charge in [0.15, 0.2) is 0 Å². The maximum Gasteiger partial charge on any atom is 0.253 e. The number of thioether (sulfide) groups is 1. The molecule has 2 rings (SSSR count). The predicted octanol–water partition coefficient (Wildman–Crippen LogP) is 2.94. The van der Waals surface area contributed by atoms with E-state index >= 15 is 0 Å². The van der Waals surface area contributed by atoms with Crippen LogP contribution in [0.15, 0.2) is 29.2 Å². The lowest BCUT2D eigenvalue weighted by Gasteiger charge is -2.37. The Labute approximate surface area is 112 Å². The van der Waals surface area contributed by atoms with Gasteiger partial charge in [-0.1, -0.05) is 0 Å². The average Bonchev–Trinajstić information content (AvgIpc) is 2.28. The van der Waals surface area contributed by atoms with Gasteiger partial charge in [0.2, 0.25) is 0 Å². The number of thiol groups is 1. The fraction of sp³-hybridized carbons (Fsp3) is 0.462. The van der Waals surface area contributed by atoms with E-state index in [9.17, 15) is 4.79 Å². The Balaban J connectivity index is 2.12. The zero-order valence-corrected chi connectivity index (χ0v) is 11.9. The zero-order valence-electron chi connectivity index (χ0n) is 10.1. The molecule has 1 aliphatic heterocycles. The fourth-order valence-corrected chi connectivity index (χ4v) is 3.24. The summed E-state index contributed by atoms with van der Waals surface area (Å²) in [6, 6.07) is 7.42. The van der Waals surface area contributed by atoms with E-state index in [1.807, 2.05) is 40.9 Å². The summed E-state index contributed by atoms with van der Waals surface area (Å²) in [5.74, 6) is 1.15. The summed E-state index contributed by atoms with van der Waals surface area (Å²) in [4.78, 5) is 15.1. The van der Waals surface area contributed by atoms with Crippen LogP contribution < -0.4 is 0 Å². The van der Waals surface area contributed by atoms with Gasteiger partial charge in [-0.15, -0.1) is 12.6 Å². The van der Waals surface area contributed by atoms with Crippen molar-refractivity contribution in [2.24, 2.45) is 0 Å². The van der Waals surface area contributed by atoms with Crippen LogP contribution >= 0.6 is 24.4 Å². The first-order valence-electron chi connectivity index (χ1n) is 5.70. The monoisotopic (exact) mass is 267 g/mol. The SMILES string of the molecule is CC1(C)CN(C(=O)c2ccc(S)cc2)CCS1. The predicted molar refractivity (Wildman–Crippen MR) is 76.1 cm³/mol. The van der Waals surface area contributed by atoms with Gasteiger partial charge in [-0.05, 0) is 38.1 Å². The molecule has 17 heavy (non-hydrogen) atoms. The highest BCUT2D eigenvalue weighted by Crippen LogP contribution is 2.30. The molecule has 0 spiro atoms. The fourth-order valence-electron chi connectivity index (χ4n) is 1.98. The molecule has 1 aliphatic rings. The average molecular weight is 267 g/mol. The number of carbonyl (C=O) groups excluding carboxylic acids is 1. The molecule has 0 radical (unpaired) electrons. The van der Waals surface area contributed by atoms with Crippen molar-refractivity contribution in [3.63, 3.8) is 0 Å². The molecule has 1 amide bonds. The maximum atomic E-state index is 12.3. The molecule has 0 unspecified atom stereocenters. The van der Waals surface area contributed by atoms with E-state index in [-0.39, 0.29) is 10.7 Å². The largest absolute Gasteiger partial charge is 0.336 e. The van der Waals surface area contributed by atoms with E-state index in [0.29, 0.717) is 0 Å². The minimum atomic E-state index is 0.131. The smallest absolute Gasteiger partial charge is 0.253 e. The molecular weight excluding hydrogens is 250 g/mol. The van der Waals surface area contributed by atoms with E-state index in [2.05, 4.69) is 26.5 Å². The number of rotatable bonds is 1. The number of hydrogen-bond acceptors (Lipinski definition) is 3. The summed E-state index contributed by atoms with van der Waals surface area (Å²) in [6.45, 7) is 6.04. The Hall–Kier alpha value is -0.610. The van der Waals surface area contributed by atoms with Crippen molar-refractivity contribution in [3.8, 4) is 0 Å². The molecule has 1 aromatic rings. The molecular formula is C13H17NOS2. The minimum absolute atomic E-state index is 0.131. The molecule has 1 aromatic carbocycles. The molecule has 1 saturated heterocycles. The van der Waals surface area contributed by atoms with Gasteiger partial charge in [0.1, 0.15) is 0 Å². The number of hydrogen-bond donors (Lipinski definition) is 1. The highest BCUT2D eigenvalue weighted by molar-refractivity contribution is 8.00. The van der Waals surface area contributed by atoms with Gasteiger partial charge >= 0.3 is 0 Å². The molecule has 92 valence electrons. The second-order valence-electron chi connectivity index (χ2n) is 4.88. The first kappa shape index (κ1) is 12.8. The van der Waals surface area contributed by atoms with E-state index < -0.39 is 0 Å². The summed E-state index contributed by atoms with van der Waals surface area (Å²) in [7, 11) is 0. The Morgan fingerprint density at radius 2 is 2.00 bits per heavy atom. The second kappa shape index (κ2) is 4.94. The van der Waals surface area contributed by atoms with Crippen LogP contribution in [0.1, 0.15) is 24.2 Å². The normalized spacial score (nSPS) is 19.1.